The summed E-state index contributed by atoms with van der Waals surface area (Å²) in [4.78, 5) is 18.1. The summed E-state index contributed by atoms with van der Waals surface area (Å²) in [5.74, 6) is 0.587. The van der Waals surface area contributed by atoms with Crippen LogP contribution in [0.1, 0.15) is 45.7 Å². The van der Waals surface area contributed by atoms with E-state index in [0.717, 1.165) is 33.9 Å². The number of halogens is 3. The van der Waals surface area contributed by atoms with E-state index < -0.39 is 6.18 Å². The maximum absolute atomic E-state index is 12.1. The Bertz CT molecular complexity index is 891. The standard InChI is InChI=1S/C20H27N3O2.C5H5F3S.2C2H6/c1-7-19(25-6)12-15(2)18-10-8-17(9-11-18)13-20(24)22-16(3)21-14-23(4)5;1-2-9-4-3-5(6,7)8;2*1-2/h7-12,14,16H,1-2,13H2,3-6H3,(H,22,24);2-4H,1H2;2*1-2H3/b19-12+,21-14-;4-3+;;. The van der Waals surface area contributed by atoms with E-state index in [1.807, 2.05) is 84.0 Å². The smallest absolute Gasteiger partial charge is 0.410 e. The molecule has 5 nitrogen and oxygen atoms in total. The van der Waals surface area contributed by atoms with Gasteiger partial charge in [0.2, 0.25) is 5.91 Å². The molecular weight excluding hydrogens is 511 g/mol. The van der Waals surface area contributed by atoms with Crippen LogP contribution in [0, 0.1) is 0 Å². The van der Waals surface area contributed by atoms with Crippen LogP contribution in [0.4, 0.5) is 13.2 Å². The number of hydrogen-bond donors (Lipinski definition) is 1. The quantitative estimate of drug-likeness (QED) is 0.130. The molecule has 0 saturated heterocycles. The molecule has 1 rings (SSSR count). The zero-order chi connectivity index (χ0) is 30.1. The van der Waals surface area contributed by atoms with Crippen molar-refractivity contribution in [2.75, 3.05) is 21.2 Å². The molecule has 0 radical (unpaired) electrons. The summed E-state index contributed by atoms with van der Waals surface area (Å²) in [6.45, 7) is 20.8. The molecule has 0 aliphatic carbocycles. The number of ether oxygens (including phenoxy) is 1. The van der Waals surface area contributed by atoms with Gasteiger partial charge in [0.1, 0.15) is 11.9 Å². The second kappa shape index (κ2) is 24.2. The van der Waals surface area contributed by atoms with Crippen LogP contribution in [0.15, 0.2) is 83.8 Å². The Morgan fingerprint density at radius 1 is 1.16 bits per heavy atom. The molecule has 1 atom stereocenters. The summed E-state index contributed by atoms with van der Waals surface area (Å²) >= 11 is 0.898. The number of alkyl halides is 3. The fraction of sp³-hybridized carbons (Fsp3) is 0.379. The van der Waals surface area contributed by atoms with Crippen LogP contribution in [0.5, 0.6) is 0 Å². The van der Waals surface area contributed by atoms with E-state index in [-0.39, 0.29) is 18.1 Å². The molecule has 0 spiro atoms. The van der Waals surface area contributed by atoms with Crippen molar-refractivity contribution in [1.82, 2.24) is 10.2 Å². The lowest BCUT2D eigenvalue weighted by atomic mass is 10.0. The number of amides is 1. The van der Waals surface area contributed by atoms with Crippen LogP contribution in [-0.4, -0.2) is 50.7 Å². The first kappa shape index (κ1) is 39.3. The Labute approximate surface area is 231 Å². The van der Waals surface area contributed by atoms with E-state index in [2.05, 4.69) is 30.0 Å². The third-order valence-electron chi connectivity index (χ3n) is 3.77. The minimum Gasteiger partial charge on any atom is -0.497 e. The lowest BCUT2D eigenvalue weighted by molar-refractivity contribution is -0.121. The van der Waals surface area contributed by atoms with Gasteiger partial charge in [-0.2, -0.15) is 13.2 Å². The minimum absolute atomic E-state index is 0.0665. The number of thioether (sulfide) groups is 1. The Morgan fingerprint density at radius 2 is 1.71 bits per heavy atom. The number of nitrogens with one attached hydrogen (secondary N) is 1. The zero-order valence-corrected chi connectivity index (χ0v) is 24.7. The van der Waals surface area contributed by atoms with Gasteiger partial charge in [0.15, 0.2) is 0 Å². The van der Waals surface area contributed by atoms with Crippen molar-refractivity contribution in [2.45, 2.75) is 53.4 Å². The first-order chi connectivity index (χ1) is 17.9. The van der Waals surface area contributed by atoms with Crippen molar-refractivity contribution in [3.8, 4) is 0 Å². The topological polar surface area (TPSA) is 53.9 Å². The number of hydrogen-bond acceptors (Lipinski definition) is 4. The van der Waals surface area contributed by atoms with Crippen molar-refractivity contribution >= 4 is 29.6 Å². The SMILES string of the molecule is C=C/C(=C\C(=C)c1ccc(CC(=O)NC(C)/N=C\N(C)C)cc1)OC.C=CS/C=C/C(F)(F)F.CC.CC. The Morgan fingerprint density at radius 3 is 2.13 bits per heavy atom. The Kier molecular flexibility index (Phi) is 25.0. The van der Waals surface area contributed by atoms with Crippen LogP contribution < -0.4 is 5.32 Å². The molecule has 0 aromatic heterocycles. The molecule has 0 bridgehead atoms. The Balaban J connectivity index is -0.000000789. The average Bonchev–Trinajstić information content (AvgIpc) is 2.88. The van der Waals surface area contributed by atoms with Gasteiger partial charge in [-0.05, 0) is 46.6 Å². The summed E-state index contributed by atoms with van der Waals surface area (Å²) in [6, 6.07) is 7.71. The van der Waals surface area contributed by atoms with Gasteiger partial charge in [0.05, 0.1) is 19.9 Å². The highest BCUT2D eigenvalue weighted by atomic mass is 32.2. The number of aliphatic imine (C=N–C) groups is 1. The van der Waals surface area contributed by atoms with Crippen LogP contribution >= 0.6 is 11.8 Å². The van der Waals surface area contributed by atoms with Gasteiger partial charge in [-0.1, -0.05) is 71.7 Å². The number of carbonyl (C=O) groups is 1. The van der Waals surface area contributed by atoms with Crippen molar-refractivity contribution in [2.24, 2.45) is 4.99 Å². The molecular formula is C29H44F3N3O2S. The summed E-state index contributed by atoms with van der Waals surface area (Å²) in [5, 5.41) is 5.10. The normalized spacial score (nSPS) is 11.5. The van der Waals surface area contributed by atoms with E-state index in [9.17, 15) is 18.0 Å². The third-order valence-corrected chi connectivity index (χ3v) is 4.25. The van der Waals surface area contributed by atoms with Crippen molar-refractivity contribution in [3.05, 3.63) is 89.9 Å². The first-order valence-electron chi connectivity index (χ1n) is 12.1. The molecule has 9 heteroatoms. The largest absolute Gasteiger partial charge is 0.497 e. The van der Waals surface area contributed by atoms with E-state index in [0.29, 0.717) is 12.2 Å². The molecule has 1 unspecified atom stereocenters. The predicted molar refractivity (Wildman–Crippen MR) is 160 cm³/mol. The molecule has 1 aromatic rings. The molecule has 214 valence electrons. The van der Waals surface area contributed by atoms with E-state index in [4.69, 9.17) is 4.74 Å². The lowest BCUT2D eigenvalue weighted by Crippen LogP contribution is -2.33. The van der Waals surface area contributed by atoms with Crippen LogP contribution in [0.3, 0.4) is 0 Å². The third kappa shape index (κ3) is 23.2. The van der Waals surface area contributed by atoms with Gasteiger partial charge in [-0.25, -0.2) is 0 Å². The van der Waals surface area contributed by atoms with Crippen LogP contribution in [0.25, 0.3) is 5.57 Å². The van der Waals surface area contributed by atoms with E-state index in [1.54, 1.807) is 19.5 Å². The maximum Gasteiger partial charge on any atom is 0.410 e. The molecule has 1 amide bonds. The van der Waals surface area contributed by atoms with Gasteiger partial charge in [0.25, 0.3) is 0 Å². The highest BCUT2D eigenvalue weighted by molar-refractivity contribution is 8.04. The molecule has 0 fully saturated rings. The van der Waals surface area contributed by atoms with Gasteiger partial charge in [-0.15, -0.1) is 11.8 Å². The maximum atomic E-state index is 12.1. The monoisotopic (exact) mass is 555 g/mol. The average molecular weight is 556 g/mol. The molecule has 0 saturated carbocycles. The fourth-order valence-corrected chi connectivity index (χ4v) is 2.55. The summed E-state index contributed by atoms with van der Waals surface area (Å²) in [6.07, 6.45) is 1.14. The number of carbonyl (C=O) groups excluding carboxylic acids is 1. The van der Waals surface area contributed by atoms with Gasteiger partial charge < -0.3 is 15.0 Å². The first-order valence-corrected chi connectivity index (χ1v) is 13.0. The second-order valence-corrected chi connectivity index (χ2v) is 7.85. The number of nitrogens with zero attached hydrogens (tertiary/aromatic N) is 2. The lowest BCUT2D eigenvalue weighted by Gasteiger charge is -2.11. The molecule has 1 aromatic carbocycles. The van der Waals surface area contributed by atoms with E-state index >= 15 is 0 Å². The van der Waals surface area contributed by atoms with Crippen LogP contribution in [0.2, 0.25) is 0 Å². The van der Waals surface area contributed by atoms with Crippen molar-refractivity contribution in [1.29, 1.82) is 0 Å². The molecule has 0 aliphatic rings. The zero-order valence-electron chi connectivity index (χ0n) is 23.9. The summed E-state index contributed by atoms with van der Waals surface area (Å²) in [5.41, 5.74) is 2.71. The highest BCUT2D eigenvalue weighted by Gasteiger charge is 2.21. The number of rotatable bonds is 11. The Hall–Kier alpha value is -3.20. The number of benzene rings is 1. The summed E-state index contributed by atoms with van der Waals surface area (Å²) in [7, 11) is 5.35. The molecule has 0 heterocycles. The predicted octanol–water partition coefficient (Wildman–Crippen LogP) is 8.00. The van der Waals surface area contributed by atoms with Crippen LogP contribution in [-0.2, 0) is 16.0 Å². The highest BCUT2D eigenvalue weighted by Crippen LogP contribution is 2.18. The molecule has 1 N–H and O–H groups in total. The van der Waals surface area contributed by atoms with Gasteiger partial charge >= 0.3 is 6.18 Å². The van der Waals surface area contributed by atoms with Crippen molar-refractivity contribution < 1.29 is 22.7 Å². The minimum atomic E-state index is -4.20. The summed E-state index contributed by atoms with van der Waals surface area (Å²) < 4.78 is 38.9. The van der Waals surface area contributed by atoms with Crippen molar-refractivity contribution in [3.63, 3.8) is 0 Å². The molecule has 0 aliphatic heterocycles. The van der Waals surface area contributed by atoms with Gasteiger partial charge in [-0.3, -0.25) is 9.79 Å². The molecule has 38 heavy (non-hydrogen) atoms. The second-order valence-electron chi connectivity index (χ2n) is 6.97. The fourth-order valence-electron chi connectivity index (χ4n) is 2.20. The van der Waals surface area contributed by atoms with E-state index in [1.165, 1.54) is 5.41 Å². The number of methoxy groups -OCH3 is 1. The number of allylic oxidation sites excluding steroid dienone is 4. The van der Waals surface area contributed by atoms with Gasteiger partial charge in [0, 0.05) is 20.2 Å².